The van der Waals surface area contributed by atoms with Crippen molar-refractivity contribution >= 4 is 17.4 Å². The van der Waals surface area contributed by atoms with Gasteiger partial charge in [0.05, 0.1) is 12.8 Å². The number of amides is 2. The Morgan fingerprint density at radius 3 is 2.72 bits per heavy atom. The lowest BCUT2D eigenvalue weighted by molar-refractivity contribution is 0.0372. The summed E-state index contributed by atoms with van der Waals surface area (Å²) in [6.45, 7) is 6.07. The van der Waals surface area contributed by atoms with Crippen molar-refractivity contribution in [3.63, 3.8) is 0 Å². The summed E-state index contributed by atoms with van der Waals surface area (Å²) in [6.07, 6.45) is 2.71. The highest BCUT2D eigenvalue weighted by Crippen LogP contribution is 2.25. The topological polar surface area (TPSA) is 77.7 Å². The van der Waals surface area contributed by atoms with Gasteiger partial charge in [-0.2, -0.15) is 0 Å². The molecule has 0 unspecified atom stereocenters. The molecule has 2 atom stereocenters. The lowest BCUT2D eigenvalue weighted by atomic mass is 10.0. The fourth-order valence-electron chi connectivity index (χ4n) is 3.02. The first-order chi connectivity index (χ1) is 11.9. The van der Waals surface area contributed by atoms with Crippen LogP contribution in [0.1, 0.15) is 26.0 Å². The fraction of sp³-hybridized carbons (Fsp3) is 0.421. The van der Waals surface area contributed by atoms with Crippen molar-refractivity contribution < 1.29 is 14.3 Å². The van der Waals surface area contributed by atoms with Crippen LogP contribution >= 0.6 is 0 Å². The second kappa shape index (κ2) is 7.19. The summed E-state index contributed by atoms with van der Waals surface area (Å²) in [5.74, 6) is 1.14. The molecule has 0 spiro atoms. The van der Waals surface area contributed by atoms with Gasteiger partial charge in [0, 0.05) is 24.5 Å². The van der Waals surface area contributed by atoms with Crippen LogP contribution in [0.5, 0.6) is 0 Å². The molecule has 2 heterocycles. The van der Waals surface area contributed by atoms with E-state index in [-0.39, 0.29) is 12.6 Å². The lowest BCUT2D eigenvalue weighted by Gasteiger charge is -2.21. The molecule has 0 bridgehead atoms. The standard InChI is InChI=1S/C19H25N3O3/c1-14-9-10-22(12-14)16-7-5-15(6-8-16)21-18(23)20-13-19(2,24)17-4-3-11-25-17/h3-8,11,14,24H,9-10,12-13H2,1-2H3,(H2,20,21,23)/t14-,19-/m0/s1. The van der Waals surface area contributed by atoms with Gasteiger partial charge in [-0.25, -0.2) is 4.79 Å². The number of anilines is 2. The highest BCUT2D eigenvalue weighted by atomic mass is 16.4. The van der Waals surface area contributed by atoms with Gasteiger partial charge in [0.1, 0.15) is 11.4 Å². The molecular formula is C19H25N3O3. The van der Waals surface area contributed by atoms with Gasteiger partial charge in [-0.1, -0.05) is 6.92 Å². The van der Waals surface area contributed by atoms with Crippen LogP contribution in [-0.4, -0.2) is 30.8 Å². The maximum absolute atomic E-state index is 12.0. The van der Waals surface area contributed by atoms with Crippen LogP contribution in [0.15, 0.2) is 47.1 Å². The predicted molar refractivity (Wildman–Crippen MR) is 97.7 cm³/mol. The molecule has 134 valence electrons. The maximum Gasteiger partial charge on any atom is 0.319 e. The smallest absolute Gasteiger partial charge is 0.319 e. The second-order valence-electron chi connectivity index (χ2n) is 6.95. The van der Waals surface area contributed by atoms with Crippen LogP contribution < -0.4 is 15.5 Å². The van der Waals surface area contributed by atoms with Crippen molar-refractivity contribution in [2.45, 2.75) is 25.9 Å². The Balaban J connectivity index is 1.51. The van der Waals surface area contributed by atoms with E-state index in [1.54, 1.807) is 19.1 Å². The van der Waals surface area contributed by atoms with Crippen molar-refractivity contribution in [2.24, 2.45) is 5.92 Å². The van der Waals surface area contributed by atoms with Crippen molar-refractivity contribution in [1.29, 1.82) is 0 Å². The molecule has 1 fully saturated rings. The third-order valence-corrected chi connectivity index (χ3v) is 4.56. The minimum Gasteiger partial charge on any atom is -0.466 e. The van der Waals surface area contributed by atoms with E-state index in [0.717, 1.165) is 19.0 Å². The molecule has 1 aliphatic rings. The van der Waals surface area contributed by atoms with Gasteiger partial charge in [-0.3, -0.25) is 0 Å². The Labute approximate surface area is 147 Å². The van der Waals surface area contributed by atoms with Gasteiger partial charge in [0.25, 0.3) is 0 Å². The summed E-state index contributed by atoms with van der Waals surface area (Å²) in [7, 11) is 0. The normalized spacial score (nSPS) is 19.5. The minimum absolute atomic E-state index is 0.0517. The zero-order valence-electron chi connectivity index (χ0n) is 14.7. The molecule has 6 heteroatoms. The van der Waals surface area contributed by atoms with Gasteiger partial charge in [-0.15, -0.1) is 0 Å². The van der Waals surface area contributed by atoms with E-state index < -0.39 is 5.60 Å². The van der Waals surface area contributed by atoms with Crippen LogP contribution in [0.4, 0.5) is 16.2 Å². The van der Waals surface area contributed by atoms with E-state index in [0.29, 0.717) is 11.4 Å². The summed E-state index contributed by atoms with van der Waals surface area (Å²) in [5, 5.41) is 15.8. The predicted octanol–water partition coefficient (Wildman–Crippen LogP) is 3.16. The number of carbonyl (C=O) groups is 1. The number of nitrogens with zero attached hydrogens (tertiary/aromatic N) is 1. The molecule has 0 saturated carbocycles. The van der Waals surface area contributed by atoms with E-state index in [2.05, 4.69) is 22.5 Å². The molecule has 1 aromatic heterocycles. The Kier molecular flexibility index (Phi) is 4.99. The van der Waals surface area contributed by atoms with Gasteiger partial charge in [-0.05, 0) is 55.7 Å². The molecule has 1 aliphatic heterocycles. The van der Waals surface area contributed by atoms with Gasteiger partial charge >= 0.3 is 6.03 Å². The van der Waals surface area contributed by atoms with Crippen molar-refractivity contribution in [1.82, 2.24) is 5.32 Å². The fourth-order valence-corrected chi connectivity index (χ4v) is 3.02. The highest BCUT2D eigenvalue weighted by molar-refractivity contribution is 5.89. The number of nitrogens with one attached hydrogen (secondary N) is 2. The Hall–Kier alpha value is -2.47. The lowest BCUT2D eigenvalue weighted by Crippen LogP contribution is -2.40. The van der Waals surface area contributed by atoms with E-state index in [9.17, 15) is 9.90 Å². The molecule has 6 nitrogen and oxygen atoms in total. The molecular weight excluding hydrogens is 318 g/mol. The zero-order valence-corrected chi connectivity index (χ0v) is 14.7. The number of hydrogen-bond donors (Lipinski definition) is 3. The summed E-state index contributed by atoms with van der Waals surface area (Å²) in [4.78, 5) is 14.4. The number of urea groups is 1. The molecule has 0 aliphatic carbocycles. The third-order valence-electron chi connectivity index (χ3n) is 4.56. The van der Waals surface area contributed by atoms with Crippen molar-refractivity contribution in [2.75, 3.05) is 29.9 Å². The summed E-state index contributed by atoms with van der Waals surface area (Å²) >= 11 is 0. The number of carbonyl (C=O) groups excluding carboxylic acids is 1. The molecule has 3 N–H and O–H groups in total. The summed E-state index contributed by atoms with van der Waals surface area (Å²) in [5.41, 5.74) is 0.638. The van der Waals surface area contributed by atoms with Gasteiger partial charge in [0.15, 0.2) is 0 Å². The van der Waals surface area contributed by atoms with Gasteiger partial charge < -0.3 is 25.1 Å². The number of aliphatic hydroxyl groups is 1. The average molecular weight is 343 g/mol. The number of hydrogen-bond acceptors (Lipinski definition) is 4. The Morgan fingerprint density at radius 1 is 1.36 bits per heavy atom. The molecule has 3 rings (SSSR count). The first-order valence-electron chi connectivity index (χ1n) is 8.60. The quantitative estimate of drug-likeness (QED) is 0.779. The minimum atomic E-state index is -1.25. The Bertz CT molecular complexity index is 695. The first-order valence-corrected chi connectivity index (χ1v) is 8.60. The van der Waals surface area contributed by atoms with Crippen LogP contribution in [-0.2, 0) is 5.60 Å². The van der Waals surface area contributed by atoms with Crippen molar-refractivity contribution in [3.05, 3.63) is 48.4 Å². The Morgan fingerprint density at radius 2 is 2.12 bits per heavy atom. The van der Waals surface area contributed by atoms with E-state index in [1.165, 1.54) is 18.4 Å². The van der Waals surface area contributed by atoms with Crippen molar-refractivity contribution in [3.8, 4) is 0 Å². The van der Waals surface area contributed by atoms with E-state index in [4.69, 9.17) is 4.42 Å². The van der Waals surface area contributed by atoms with Crippen LogP contribution in [0.2, 0.25) is 0 Å². The zero-order chi connectivity index (χ0) is 17.9. The second-order valence-corrected chi connectivity index (χ2v) is 6.95. The molecule has 1 saturated heterocycles. The number of benzene rings is 1. The average Bonchev–Trinajstić information content (AvgIpc) is 3.26. The summed E-state index contributed by atoms with van der Waals surface area (Å²) in [6, 6.07) is 10.8. The van der Waals surface area contributed by atoms with E-state index >= 15 is 0 Å². The molecule has 25 heavy (non-hydrogen) atoms. The number of furan rings is 1. The van der Waals surface area contributed by atoms with Crippen LogP contribution in [0.3, 0.4) is 0 Å². The molecule has 2 aromatic rings. The largest absolute Gasteiger partial charge is 0.466 e. The monoisotopic (exact) mass is 343 g/mol. The number of rotatable bonds is 5. The summed E-state index contributed by atoms with van der Waals surface area (Å²) < 4.78 is 5.19. The SMILES string of the molecule is C[C@H]1CCN(c2ccc(NC(=O)NC[C@](C)(O)c3ccco3)cc2)C1. The maximum atomic E-state index is 12.0. The highest BCUT2D eigenvalue weighted by Gasteiger charge is 2.26. The first kappa shape index (κ1) is 17.4. The molecule has 2 amide bonds. The van der Waals surface area contributed by atoms with Gasteiger partial charge in [0.2, 0.25) is 0 Å². The van der Waals surface area contributed by atoms with Crippen LogP contribution in [0, 0.1) is 5.92 Å². The molecule has 1 aromatic carbocycles. The molecule has 0 radical (unpaired) electrons. The van der Waals surface area contributed by atoms with E-state index in [1.807, 2.05) is 24.3 Å². The van der Waals surface area contributed by atoms with Crippen LogP contribution in [0.25, 0.3) is 0 Å². The third kappa shape index (κ3) is 4.33.